The van der Waals surface area contributed by atoms with Gasteiger partial charge in [-0.2, -0.15) is 0 Å². The SMILES string of the molecule is CN(C(=O)Nc1ncc(/C=C/c2ncc(C(C)(C)C)o2)s1)C1CCCCC1. The molecule has 146 valence electrons. The van der Waals surface area contributed by atoms with Crippen LogP contribution in [0.5, 0.6) is 0 Å². The number of urea groups is 1. The number of nitrogens with zero attached hydrogens (tertiary/aromatic N) is 3. The lowest BCUT2D eigenvalue weighted by Crippen LogP contribution is -2.40. The van der Waals surface area contributed by atoms with Crippen LogP contribution in [0, 0.1) is 0 Å². The minimum atomic E-state index is -0.0886. The van der Waals surface area contributed by atoms with E-state index in [1.807, 2.05) is 24.1 Å². The number of aromatic nitrogens is 2. The first-order valence-electron chi connectivity index (χ1n) is 9.47. The molecular formula is C20H28N4O2S. The first kappa shape index (κ1) is 19.6. The van der Waals surface area contributed by atoms with E-state index in [1.165, 1.54) is 30.6 Å². The second-order valence-electron chi connectivity index (χ2n) is 8.05. The van der Waals surface area contributed by atoms with Gasteiger partial charge in [0.2, 0.25) is 5.89 Å². The third-order valence-corrected chi connectivity index (χ3v) is 5.71. The molecule has 1 aliphatic carbocycles. The number of hydrogen-bond donors (Lipinski definition) is 1. The maximum absolute atomic E-state index is 12.4. The molecule has 0 aromatic carbocycles. The van der Waals surface area contributed by atoms with E-state index in [2.05, 4.69) is 36.1 Å². The van der Waals surface area contributed by atoms with Crippen molar-refractivity contribution in [2.75, 3.05) is 12.4 Å². The highest BCUT2D eigenvalue weighted by atomic mass is 32.1. The molecule has 0 radical (unpaired) electrons. The quantitative estimate of drug-likeness (QED) is 0.762. The summed E-state index contributed by atoms with van der Waals surface area (Å²) in [5, 5.41) is 3.50. The molecule has 2 aromatic rings. The molecule has 1 saturated carbocycles. The molecule has 0 spiro atoms. The van der Waals surface area contributed by atoms with Crippen LogP contribution in [0.15, 0.2) is 16.8 Å². The van der Waals surface area contributed by atoms with Crippen LogP contribution in [-0.4, -0.2) is 34.0 Å². The maximum atomic E-state index is 12.4. The van der Waals surface area contributed by atoms with Crippen molar-refractivity contribution in [1.29, 1.82) is 0 Å². The Morgan fingerprint density at radius 2 is 1.96 bits per heavy atom. The summed E-state index contributed by atoms with van der Waals surface area (Å²) in [6.07, 6.45) is 13.1. The first-order valence-corrected chi connectivity index (χ1v) is 10.3. The summed E-state index contributed by atoms with van der Waals surface area (Å²) in [6, 6.07) is 0.245. The standard InChI is InChI=1S/C20H28N4O2S/c1-20(2,3)16-13-21-17(26-16)11-10-15-12-22-18(27-15)23-19(25)24(4)14-8-6-5-7-9-14/h10-14H,5-9H2,1-4H3,(H,22,23,25)/b11-10+. The minimum absolute atomic E-state index is 0.0641. The van der Waals surface area contributed by atoms with Crippen molar-refractivity contribution >= 4 is 34.7 Å². The highest BCUT2D eigenvalue weighted by Gasteiger charge is 2.22. The fourth-order valence-corrected chi connectivity index (χ4v) is 3.81. The van der Waals surface area contributed by atoms with Crippen LogP contribution in [-0.2, 0) is 5.41 Å². The van der Waals surface area contributed by atoms with Crippen LogP contribution in [0.25, 0.3) is 12.2 Å². The van der Waals surface area contributed by atoms with Crippen LogP contribution < -0.4 is 5.32 Å². The van der Waals surface area contributed by atoms with Gasteiger partial charge in [0.05, 0.1) is 6.20 Å². The zero-order chi connectivity index (χ0) is 19.4. The molecule has 0 aliphatic heterocycles. The summed E-state index contributed by atoms with van der Waals surface area (Å²) < 4.78 is 5.75. The van der Waals surface area contributed by atoms with E-state index in [9.17, 15) is 4.79 Å². The lowest BCUT2D eigenvalue weighted by Gasteiger charge is -2.30. The number of carbonyl (C=O) groups excluding carboxylic acids is 1. The van der Waals surface area contributed by atoms with Crippen molar-refractivity contribution in [2.45, 2.75) is 64.3 Å². The Balaban J connectivity index is 1.58. The molecule has 0 unspecified atom stereocenters. The molecule has 0 saturated heterocycles. The van der Waals surface area contributed by atoms with Gasteiger partial charge in [0.15, 0.2) is 5.13 Å². The summed E-state index contributed by atoms with van der Waals surface area (Å²) in [7, 11) is 1.87. The number of thiazole rings is 1. The molecule has 7 heteroatoms. The molecule has 6 nitrogen and oxygen atoms in total. The average molecular weight is 389 g/mol. The Morgan fingerprint density at radius 3 is 2.63 bits per heavy atom. The fraction of sp³-hybridized carbons (Fsp3) is 0.550. The first-order chi connectivity index (χ1) is 12.8. The molecule has 3 rings (SSSR count). The maximum Gasteiger partial charge on any atom is 0.323 e. The van der Waals surface area contributed by atoms with Gasteiger partial charge in [-0.1, -0.05) is 51.4 Å². The van der Waals surface area contributed by atoms with E-state index in [1.54, 1.807) is 12.4 Å². The Labute approximate surface area is 164 Å². The van der Waals surface area contributed by atoms with Gasteiger partial charge < -0.3 is 9.32 Å². The van der Waals surface area contributed by atoms with Gasteiger partial charge in [-0.05, 0) is 18.9 Å². The summed E-state index contributed by atoms with van der Waals surface area (Å²) in [6.45, 7) is 6.26. The van der Waals surface area contributed by atoms with E-state index < -0.39 is 0 Å². The monoisotopic (exact) mass is 388 g/mol. The number of rotatable bonds is 4. The van der Waals surface area contributed by atoms with Gasteiger partial charge in [-0.3, -0.25) is 5.32 Å². The van der Waals surface area contributed by atoms with Gasteiger partial charge in [0, 0.05) is 35.7 Å². The number of carbonyl (C=O) groups is 1. The predicted molar refractivity (Wildman–Crippen MR) is 110 cm³/mol. The lowest BCUT2D eigenvalue weighted by molar-refractivity contribution is 0.186. The zero-order valence-electron chi connectivity index (χ0n) is 16.5. The fourth-order valence-electron chi connectivity index (χ4n) is 3.10. The Kier molecular flexibility index (Phi) is 5.99. The molecule has 1 fully saturated rings. The molecular weight excluding hydrogens is 360 g/mol. The molecule has 0 atom stereocenters. The van der Waals surface area contributed by atoms with Crippen LogP contribution >= 0.6 is 11.3 Å². The number of nitrogens with one attached hydrogen (secondary N) is 1. The van der Waals surface area contributed by atoms with Crippen molar-refractivity contribution in [2.24, 2.45) is 0 Å². The van der Waals surface area contributed by atoms with E-state index in [0.29, 0.717) is 17.1 Å². The molecule has 2 aromatic heterocycles. The number of oxazole rings is 1. The van der Waals surface area contributed by atoms with Gasteiger partial charge in [-0.25, -0.2) is 14.8 Å². The van der Waals surface area contributed by atoms with E-state index in [-0.39, 0.29) is 11.4 Å². The second kappa shape index (κ2) is 8.25. The lowest BCUT2D eigenvalue weighted by atomic mass is 9.94. The Morgan fingerprint density at radius 1 is 1.22 bits per heavy atom. The third-order valence-electron chi connectivity index (χ3n) is 4.83. The Bertz CT molecular complexity index is 797. The molecule has 0 bridgehead atoms. The highest BCUT2D eigenvalue weighted by Crippen LogP contribution is 2.25. The topological polar surface area (TPSA) is 71.3 Å². The summed E-state index contributed by atoms with van der Waals surface area (Å²) in [5.41, 5.74) is -0.0641. The van der Waals surface area contributed by atoms with Crippen LogP contribution in [0.2, 0.25) is 0 Å². The van der Waals surface area contributed by atoms with Crippen molar-refractivity contribution in [3.05, 3.63) is 28.9 Å². The van der Waals surface area contributed by atoms with Crippen LogP contribution in [0.4, 0.5) is 9.93 Å². The van der Waals surface area contributed by atoms with Crippen LogP contribution in [0.1, 0.15) is 69.4 Å². The van der Waals surface area contributed by atoms with E-state index in [0.717, 1.165) is 23.5 Å². The molecule has 27 heavy (non-hydrogen) atoms. The second-order valence-corrected chi connectivity index (χ2v) is 9.11. The van der Waals surface area contributed by atoms with Crippen molar-refractivity contribution in [1.82, 2.24) is 14.9 Å². The molecule has 1 N–H and O–H groups in total. The molecule has 2 heterocycles. The third kappa shape index (κ3) is 5.19. The molecule has 1 aliphatic rings. The summed E-state index contributed by atoms with van der Waals surface area (Å²) in [5.74, 6) is 1.42. The molecule has 2 amide bonds. The predicted octanol–water partition coefficient (Wildman–Crippen LogP) is 5.40. The average Bonchev–Trinajstić information content (AvgIpc) is 3.29. The van der Waals surface area contributed by atoms with Crippen molar-refractivity contribution < 1.29 is 9.21 Å². The summed E-state index contributed by atoms with van der Waals surface area (Å²) in [4.78, 5) is 23.8. The zero-order valence-corrected chi connectivity index (χ0v) is 17.3. The van der Waals surface area contributed by atoms with Gasteiger partial charge in [0.25, 0.3) is 0 Å². The van der Waals surface area contributed by atoms with E-state index in [4.69, 9.17) is 4.42 Å². The number of hydrogen-bond acceptors (Lipinski definition) is 5. The highest BCUT2D eigenvalue weighted by molar-refractivity contribution is 7.16. The normalized spacial score (nSPS) is 16.0. The number of anilines is 1. The van der Waals surface area contributed by atoms with Crippen molar-refractivity contribution in [3.8, 4) is 0 Å². The van der Waals surface area contributed by atoms with Crippen molar-refractivity contribution in [3.63, 3.8) is 0 Å². The number of amides is 2. The van der Waals surface area contributed by atoms with E-state index >= 15 is 0 Å². The Hall–Kier alpha value is -2.15. The smallest absolute Gasteiger partial charge is 0.323 e. The minimum Gasteiger partial charge on any atom is -0.441 e. The van der Waals surface area contributed by atoms with Gasteiger partial charge >= 0.3 is 6.03 Å². The van der Waals surface area contributed by atoms with Gasteiger partial charge in [0.1, 0.15) is 5.76 Å². The largest absolute Gasteiger partial charge is 0.441 e. The van der Waals surface area contributed by atoms with Gasteiger partial charge in [-0.15, -0.1) is 0 Å². The summed E-state index contributed by atoms with van der Waals surface area (Å²) >= 11 is 1.43. The van der Waals surface area contributed by atoms with Crippen LogP contribution in [0.3, 0.4) is 0 Å².